The maximum absolute atomic E-state index is 12.7. The second kappa shape index (κ2) is 4.59. The highest BCUT2D eigenvalue weighted by Crippen LogP contribution is 2.37. The molecule has 0 aliphatic carbocycles. The number of aromatic amines is 1. The Kier molecular flexibility index (Phi) is 3.11. The first-order chi connectivity index (χ1) is 8.89. The van der Waals surface area contributed by atoms with Crippen LogP contribution in [0.3, 0.4) is 0 Å². The number of benzene rings is 1. The zero-order chi connectivity index (χ0) is 14.0. The highest BCUT2D eigenvalue weighted by atomic mass is 19.4. The van der Waals surface area contributed by atoms with Crippen LogP contribution in [0.15, 0.2) is 34.5 Å². The average Bonchev–Trinajstić information content (AvgIpc) is 2.66. The van der Waals surface area contributed by atoms with Gasteiger partial charge in [0.1, 0.15) is 5.82 Å². The molecule has 0 aliphatic rings. The Morgan fingerprint density at radius 1 is 1.11 bits per heavy atom. The molecule has 0 atom stereocenters. The second-order valence-electron chi connectivity index (χ2n) is 3.59. The minimum absolute atomic E-state index is 0.0111. The molecule has 1 aromatic heterocycles. The van der Waals surface area contributed by atoms with Crippen LogP contribution in [0.25, 0.3) is 0 Å². The molecule has 2 aromatic rings. The number of azo groups is 1. The summed E-state index contributed by atoms with van der Waals surface area (Å²) in [5.74, 6) is -0.00326. The molecule has 0 radical (unpaired) electrons. The summed E-state index contributed by atoms with van der Waals surface area (Å²) < 4.78 is 38.1. The smallest absolute Gasteiger partial charge is 0.382 e. The SMILES string of the molecule is Nc1n[nH]c(N)c1N=Nc1ccccc1C(F)(F)F. The molecule has 0 spiro atoms. The molecule has 2 rings (SSSR count). The summed E-state index contributed by atoms with van der Waals surface area (Å²) in [5, 5.41) is 13.0. The number of nitrogens with one attached hydrogen (secondary N) is 1. The number of aromatic nitrogens is 2. The van der Waals surface area contributed by atoms with Gasteiger partial charge in [-0.3, -0.25) is 5.10 Å². The van der Waals surface area contributed by atoms with Crippen molar-refractivity contribution >= 4 is 23.0 Å². The molecule has 1 heterocycles. The molecule has 0 aliphatic heterocycles. The van der Waals surface area contributed by atoms with Crippen LogP contribution in [0.4, 0.5) is 36.2 Å². The Balaban J connectivity index is 2.40. The summed E-state index contributed by atoms with van der Waals surface area (Å²) in [7, 11) is 0. The largest absolute Gasteiger partial charge is 0.418 e. The fourth-order valence-electron chi connectivity index (χ4n) is 1.37. The van der Waals surface area contributed by atoms with Crippen LogP contribution < -0.4 is 11.5 Å². The molecule has 100 valence electrons. The number of nitrogens with two attached hydrogens (primary N) is 2. The first-order valence-electron chi connectivity index (χ1n) is 5.07. The first-order valence-corrected chi connectivity index (χ1v) is 5.07. The fraction of sp³-hybridized carbons (Fsp3) is 0.100. The topological polar surface area (TPSA) is 105 Å². The fourth-order valence-corrected chi connectivity index (χ4v) is 1.37. The minimum atomic E-state index is -4.51. The molecule has 0 saturated heterocycles. The highest BCUT2D eigenvalue weighted by Gasteiger charge is 2.33. The van der Waals surface area contributed by atoms with Gasteiger partial charge >= 0.3 is 6.18 Å². The third-order valence-corrected chi connectivity index (χ3v) is 2.26. The van der Waals surface area contributed by atoms with Crippen molar-refractivity contribution in [2.45, 2.75) is 6.18 Å². The number of halogens is 3. The van der Waals surface area contributed by atoms with E-state index in [9.17, 15) is 13.2 Å². The lowest BCUT2D eigenvalue weighted by molar-refractivity contribution is -0.137. The molecule has 0 saturated carbocycles. The highest BCUT2D eigenvalue weighted by molar-refractivity contribution is 5.70. The molecule has 1 aromatic carbocycles. The van der Waals surface area contributed by atoms with Gasteiger partial charge in [-0.05, 0) is 12.1 Å². The van der Waals surface area contributed by atoms with Gasteiger partial charge in [0, 0.05) is 0 Å². The van der Waals surface area contributed by atoms with Crippen LogP contribution in [0.1, 0.15) is 5.56 Å². The number of nitrogens with zero attached hydrogens (tertiary/aromatic N) is 3. The van der Waals surface area contributed by atoms with Gasteiger partial charge in [-0.1, -0.05) is 12.1 Å². The van der Waals surface area contributed by atoms with Crippen LogP contribution in [-0.4, -0.2) is 10.2 Å². The van der Waals surface area contributed by atoms with Gasteiger partial charge in [-0.15, -0.1) is 10.2 Å². The Morgan fingerprint density at radius 2 is 1.79 bits per heavy atom. The standard InChI is InChI=1S/C10H9F3N6/c11-10(12,13)5-3-1-2-4-6(5)16-17-7-8(14)18-19-9(7)15/h1-4H,(H5,14,15,18,19). The Hall–Kier alpha value is -2.58. The van der Waals surface area contributed by atoms with E-state index in [1.54, 1.807) is 0 Å². The summed E-state index contributed by atoms with van der Waals surface area (Å²) in [5.41, 5.74) is 9.68. The number of nitrogen functional groups attached to an aromatic ring is 2. The summed E-state index contributed by atoms with van der Waals surface area (Å²) in [6.45, 7) is 0. The Labute approximate surface area is 105 Å². The van der Waals surface area contributed by atoms with Crippen molar-refractivity contribution in [2.24, 2.45) is 10.2 Å². The molecule has 19 heavy (non-hydrogen) atoms. The van der Waals surface area contributed by atoms with E-state index in [1.807, 2.05) is 0 Å². The third kappa shape index (κ3) is 2.64. The molecule has 0 fully saturated rings. The zero-order valence-electron chi connectivity index (χ0n) is 9.44. The van der Waals surface area contributed by atoms with Crippen molar-refractivity contribution in [1.82, 2.24) is 10.2 Å². The van der Waals surface area contributed by atoms with Crippen LogP contribution >= 0.6 is 0 Å². The summed E-state index contributed by atoms with van der Waals surface area (Å²) in [4.78, 5) is 0. The van der Waals surface area contributed by atoms with Gasteiger partial charge < -0.3 is 11.5 Å². The predicted molar refractivity (Wildman–Crippen MR) is 63.0 cm³/mol. The van der Waals surface area contributed by atoms with Gasteiger partial charge in [0.25, 0.3) is 0 Å². The minimum Gasteiger partial charge on any atom is -0.382 e. The van der Waals surface area contributed by atoms with Gasteiger partial charge in [0.2, 0.25) is 0 Å². The lowest BCUT2D eigenvalue weighted by atomic mass is 10.2. The quantitative estimate of drug-likeness (QED) is 0.730. The van der Waals surface area contributed by atoms with Crippen molar-refractivity contribution in [3.8, 4) is 0 Å². The van der Waals surface area contributed by atoms with E-state index in [4.69, 9.17) is 11.5 Å². The number of alkyl halides is 3. The van der Waals surface area contributed by atoms with E-state index in [2.05, 4.69) is 20.4 Å². The Morgan fingerprint density at radius 3 is 2.37 bits per heavy atom. The number of rotatable bonds is 2. The third-order valence-electron chi connectivity index (χ3n) is 2.26. The van der Waals surface area contributed by atoms with E-state index in [0.717, 1.165) is 6.07 Å². The van der Waals surface area contributed by atoms with Crippen LogP contribution in [0.5, 0.6) is 0 Å². The van der Waals surface area contributed by atoms with E-state index < -0.39 is 11.7 Å². The normalized spacial score (nSPS) is 12.2. The van der Waals surface area contributed by atoms with Crippen molar-refractivity contribution < 1.29 is 13.2 Å². The van der Waals surface area contributed by atoms with Gasteiger partial charge in [0.15, 0.2) is 11.5 Å². The lowest BCUT2D eigenvalue weighted by Crippen LogP contribution is -2.04. The number of anilines is 2. The molecular formula is C10H9F3N6. The average molecular weight is 270 g/mol. The van der Waals surface area contributed by atoms with Crippen molar-refractivity contribution in [2.75, 3.05) is 11.5 Å². The summed E-state index contributed by atoms with van der Waals surface area (Å²) in [6, 6.07) is 4.79. The number of H-pyrrole nitrogens is 1. The van der Waals surface area contributed by atoms with Crippen LogP contribution in [0.2, 0.25) is 0 Å². The molecule has 0 amide bonds. The van der Waals surface area contributed by atoms with Crippen molar-refractivity contribution in [1.29, 1.82) is 0 Å². The van der Waals surface area contributed by atoms with Gasteiger partial charge in [0.05, 0.1) is 11.3 Å². The molecule has 6 nitrogen and oxygen atoms in total. The Bertz CT molecular complexity index is 596. The predicted octanol–water partition coefficient (Wildman–Crippen LogP) is 3.01. The van der Waals surface area contributed by atoms with E-state index >= 15 is 0 Å². The van der Waals surface area contributed by atoms with E-state index in [1.165, 1.54) is 18.2 Å². The lowest BCUT2D eigenvalue weighted by Gasteiger charge is -2.08. The van der Waals surface area contributed by atoms with Crippen molar-refractivity contribution in [3.05, 3.63) is 29.8 Å². The molecule has 0 unspecified atom stereocenters. The second-order valence-corrected chi connectivity index (χ2v) is 3.59. The van der Waals surface area contributed by atoms with E-state index in [-0.39, 0.29) is 23.0 Å². The molecular weight excluding hydrogens is 261 g/mol. The monoisotopic (exact) mass is 270 g/mol. The number of hydrogen-bond donors (Lipinski definition) is 3. The van der Waals surface area contributed by atoms with Crippen LogP contribution in [-0.2, 0) is 6.18 Å². The zero-order valence-corrected chi connectivity index (χ0v) is 9.44. The van der Waals surface area contributed by atoms with Crippen molar-refractivity contribution in [3.63, 3.8) is 0 Å². The summed E-state index contributed by atoms with van der Waals surface area (Å²) in [6.07, 6.45) is -4.51. The first kappa shape index (κ1) is 12.9. The maximum atomic E-state index is 12.7. The van der Waals surface area contributed by atoms with Gasteiger partial charge in [-0.2, -0.15) is 18.3 Å². The summed E-state index contributed by atoms with van der Waals surface area (Å²) >= 11 is 0. The van der Waals surface area contributed by atoms with Gasteiger partial charge in [-0.25, -0.2) is 0 Å². The molecule has 5 N–H and O–H groups in total. The van der Waals surface area contributed by atoms with Crippen LogP contribution in [0, 0.1) is 0 Å². The van der Waals surface area contributed by atoms with E-state index in [0.29, 0.717) is 0 Å². The number of hydrogen-bond acceptors (Lipinski definition) is 5. The maximum Gasteiger partial charge on any atom is 0.418 e. The molecule has 9 heteroatoms. The molecule has 0 bridgehead atoms.